The smallest absolute Gasteiger partial charge is 0.318 e. The van der Waals surface area contributed by atoms with Gasteiger partial charge in [-0.05, 0) is 18.2 Å². The summed E-state index contributed by atoms with van der Waals surface area (Å²) in [4.78, 5) is 21.5. The SMILES string of the molecule is NC(=O)NC(=O)CS(=O)c1cc(N)cc(F)c1. The van der Waals surface area contributed by atoms with Crippen LogP contribution in [0.2, 0.25) is 0 Å². The molecule has 5 N–H and O–H groups in total. The van der Waals surface area contributed by atoms with Crippen LogP contribution in [0.25, 0.3) is 0 Å². The van der Waals surface area contributed by atoms with Gasteiger partial charge in [0, 0.05) is 10.6 Å². The summed E-state index contributed by atoms with van der Waals surface area (Å²) in [5.41, 5.74) is 10.2. The van der Waals surface area contributed by atoms with Crippen molar-refractivity contribution in [3.8, 4) is 0 Å². The standard InChI is InChI=1S/C9H10FN3O3S/c10-5-1-6(11)3-7(2-5)17(16)4-8(14)13-9(12)15/h1-3H,4,11H2,(H3,12,13,14,15). The molecule has 0 fully saturated rings. The molecule has 0 heterocycles. The number of hydrogen-bond donors (Lipinski definition) is 3. The molecule has 0 spiro atoms. The van der Waals surface area contributed by atoms with E-state index in [-0.39, 0.29) is 10.6 Å². The Labute approximate surface area is 98.6 Å². The molecule has 0 bridgehead atoms. The van der Waals surface area contributed by atoms with Crippen LogP contribution < -0.4 is 16.8 Å². The number of amides is 3. The van der Waals surface area contributed by atoms with Gasteiger partial charge < -0.3 is 11.5 Å². The van der Waals surface area contributed by atoms with Crippen LogP contribution in [-0.4, -0.2) is 21.9 Å². The fourth-order valence-corrected chi connectivity index (χ4v) is 2.08. The number of hydrogen-bond acceptors (Lipinski definition) is 4. The second kappa shape index (κ2) is 5.39. The van der Waals surface area contributed by atoms with Crippen LogP contribution in [0.5, 0.6) is 0 Å². The van der Waals surface area contributed by atoms with Crippen molar-refractivity contribution >= 4 is 28.4 Å². The Hall–Kier alpha value is -1.96. The molecule has 6 nitrogen and oxygen atoms in total. The lowest BCUT2D eigenvalue weighted by atomic mass is 10.3. The average Bonchev–Trinajstić information content (AvgIpc) is 2.14. The van der Waals surface area contributed by atoms with Gasteiger partial charge in [-0.3, -0.25) is 14.3 Å². The molecule has 0 aliphatic rings. The lowest BCUT2D eigenvalue weighted by Gasteiger charge is -2.03. The third kappa shape index (κ3) is 4.19. The van der Waals surface area contributed by atoms with E-state index in [0.29, 0.717) is 0 Å². The van der Waals surface area contributed by atoms with Crippen molar-refractivity contribution in [2.24, 2.45) is 5.73 Å². The highest BCUT2D eigenvalue weighted by molar-refractivity contribution is 7.85. The van der Waals surface area contributed by atoms with Crippen molar-refractivity contribution in [2.45, 2.75) is 4.90 Å². The maximum Gasteiger partial charge on any atom is 0.318 e. The molecular weight excluding hydrogens is 249 g/mol. The van der Waals surface area contributed by atoms with Crippen molar-refractivity contribution in [2.75, 3.05) is 11.5 Å². The first kappa shape index (κ1) is 13.1. The predicted molar refractivity (Wildman–Crippen MR) is 59.8 cm³/mol. The van der Waals surface area contributed by atoms with Crippen molar-refractivity contribution in [3.63, 3.8) is 0 Å². The molecule has 1 rings (SSSR count). The first-order valence-corrected chi connectivity index (χ1v) is 5.74. The molecule has 17 heavy (non-hydrogen) atoms. The summed E-state index contributed by atoms with van der Waals surface area (Å²) in [6.45, 7) is 0. The van der Waals surface area contributed by atoms with Gasteiger partial charge in [-0.2, -0.15) is 0 Å². The molecule has 92 valence electrons. The van der Waals surface area contributed by atoms with Crippen LogP contribution in [0.1, 0.15) is 0 Å². The maximum atomic E-state index is 12.9. The lowest BCUT2D eigenvalue weighted by molar-refractivity contribution is -0.117. The largest absolute Gasteiger partial charge is 0.399 e. The van der Waals surface area contributed by atoms with Gasteiger partial charge in [0.05, 0.1) is 10.8 Å². The molecule has 1 atom stereocenters. The molecule has 8 heteroatoms. The lowest BCUT2D eigenvalue weighted by Crippen LogP contribution is -2.37. The van der Waals surface area contributed by atoms with Gasteiger partial charge in [0.2, 0.25) is 5.91 Å². The van der Waals surface area contributed by atoms with Crippen LogP contribution in [0.4, 0.5) is 14.9 Å². The predicted octanol–water partition coefficient (Wildman–Crippen LogP) is -0.290. The number of urea groups is 1. The molecule has 3 amide bonds. The van der Waals surface area contributed by atoms with E-state index in [1.807, 2.05) is 0 Å². The average molecular weight is 259 g/mol. The Kier molecular flexibility index (Phi) is 4.16. The number of rotatable bonds is 3. The number of imide groups is 1. The van der Waals surface area contributed by atoms with Gasteiger partial charge in [0.1, 0.15) is 11.6 Å². The van der Waals surface area contributed by atoms with E-state index in [2.05, 4.69) is 0 Å². The summed E-state index contributed by atoms with van der Waals surface area (Å²) < 4.78 is 24.6. The summed E-state index contributed by atoms with van der Waals surface area (Å²) >= 11 is 0. The van der Waals surface area contributed by atoms with Gasteiger partial charge in [0.25, 0.3) is 0 Å². The van der Waals surface area contributed by atoms with E-state index in [9.17, 15) is 18.2 Å². The fourth-order valence-electron chi connectivity index (χ4n) is 1.09. The molecular formula is C9H10FN3O3S. The van der Waals surface area contributed by atoms with Crippen LogP contribution in [0, 0.1) is 5.82 Å². The minimum Gasteiger partial charge on any atom is -0.399 e. The van der Waals surface area contributed by atoms with Crippen LogP contribution in [-0.2, 0) is 15.6 Å². The monoisotopic (exact) mass is 259 g/mol. The molecule has 0 aromatic heterocycles. The molecule has 1 unspecified atom stereocenters. The van der Waals surface area contributed by atoms with E-state index in [4.69, 9.17) is 11.5 Å². The van der Waals surface area contributed by atoms with Gasteiger partial charge in [0.15, 0.2) is 0 Å². The van der Waals surface area contributed by atoms with E-state index in [1.165, 1.54) is 6.07 Å². The highest BCUT2D eigenvalue weighted by atomic mass is 32.2. The quantitative estimate of drug-likeness (QED) is 0.647. The van der Waals surface area contributed by atoms with Crippen molar-refractivity contribution < 1.29 is 18.2 Å². The molecule has 0 saturated heterocycles. The number of primary amides is 1. The van der Waals surface area contributed by atoms with Gasteiger partial charge in [-0.25, -0.2) is 9.18 Å². The molecule has 1 aromatic rings. The van der Waals surface area contributed by atoms with Crippen molar-refractivity contribution in [1.82, 2.24) is 5.32 Å². The number of benzene rings is 1. The molecule has 0 saturated carbocycles. The van der Waals surface area contributed by atoms with Gasteiger partial charge in [-0.15, -0.1) is 0 Å². The number of nitrogens with two attached hydrogens (primary N) is 2. The summed E-state index contributed by atoms with van der Waals surface area (Å²) in [7, 11) is -1.79. The second-order valence-corrected chi connectivity index (χ2v) is 4.57. The molecule has 1 aromatic carbocycles. The highest BCUT2D eigenvalue weighted by Gasteiger charge is 2.12. The summed E-state index contributed by atoms with van der Waals surface area (Å²) in [6, 6.07) is 2.32. The first-order valence-electron chi connectivity index (χ1n) is 4.42. The summed E-state index contributed by atoms with van der Waals surface area (Å²) in [5.74, 6) is -1.95. The molecule has 0 aliphatic carbocycles. The number of anilines is 1. The zero-order chi connectivity index (χ0) is 13.0. The summed E-state index contributed by atoms with van der Waals surface area (Å²) in [5, 5.41) is 1.75. The normalized spacial score (nSPS) is 11.8. The van der Waals surface area contributed by atoms with E-state index >= 15 is 0 Å². The number of nitrogens with one attached hydrogen (secondary N) is 1. The van der Waals surface area contributed by atoms with E-state index in [1.54, 1.807) is 5.32 Å². The minimum atomic E-state index is -1.79. The van der Waals surface area contributed by atoms with Crippen molar-refractivity contribution in [3.05, 3.63) is 24.0 Å². The Bertz CT molecular complexity index is 472. The topological polar surface area (TPSA) is 115 Å². The third-order valence-electron chi connectivity index (χ3n) is 1.68. The maximum absolute atomic E-state index is 12.9. The summed E-state index contributed by atoms with van der Waals surface area (Å²) in [6.07, 6.45) is 0. The molecule has 0 radical (unpaired) electrons. The Balaban J connectivity index is 2.76. The molecule has 0 aliphatic heterocycles. The highest BCUT2D eigenvalue weighted by Crippen LogP contribution is 2.14. The van der Waals surface area contributed by atoms with Gasteiger partial charge in [-0.1, -0.05) is 0 Å². The van der Waals surface area contributed by atoms with Crippen LogP contribution >= 0.6 is 0 Å². The second-order valence-electron chi connectivity index (χ2n) is 3.12. The van der Waals surface area contributed by atoms with Crippen molar-refractivity contribution in [1.29, 1.82) is 0 Å². The van der Waals surface area contributed by atoms with E-state index < -0.39 is 34.3 Å². The number of carbonyl (C=O) groups excluding carboxylic acids is 2. The fraction of sp³-hybridized carbons (Fsp3) is 0.111. The van der Waals surface area contributed by atoms with E-state index in [0.717, 1.165) is 12.1 Å². The number of halogens is 1. The zero-order valence-corrected chi connectivity index (χ0v) is 9.42. The minimum absolute atomic E-state index is 0.0714. The van der Waals surface area contributed by atoms with Crippen LogP contribution in [0.15, 0.2) is 23.1 Å². The first-order chi connectivity index (χ1) is 7.88. The Morgan fingerprint density at radius 2 is 2.00 bits per heavy atom. The number of nitrogen functional groups attached to an aromatic ring is 1. The third-order valence-corrected chi connectivity index (χ3v) is 2.97. The zero-order valence-electron chi connectivity index (χ0n) is 8.60. The Morgan fingerprint density at radius 3 is 2.53 bits per heavy atom. The number of carbonyl (C=O) groups is 2. The Morgan fingerprint density at radius 1 is 1.35 bits per heavy atom. The van der Waals surface area contributed by atoms with Crippen LogP contribution in [0.3, 0.4) is 0 Å². The van der Waals surface area contributed by atoms with Gasteiger partial charge >= 0.3 is 6.03 Å².